The molecule has 0 bridgehead atoms. The van der Waals surface area contributed by atoms with E-state index in [4.69, 9.17) is 4.74 Å². The maximum atomic E-state index is 12.9. The topological polar surface area (TPSA) is 101 Å². The van der Waals surface area contributed by atoms with Crippen molar-refractivity contribution in [2.45, 2.75) is 25.7 Å². The van der Waals surface area contributed by atoms with Crippen LogP contribution in [0.5, 0.6) is 11.5 Å². The molecule has 2 aromatic carbocycles. The molecule has 2 aromatic heterocycles. The molecule has 158 valence electrons. The van der Waals surface area contributed by atoms with Gasteiger partial charge in [0.25, 0.3) is 15.9 Å². The van der Waals surface area contributed by atoms with Gasteiger partial charge in [0, 0.05) is 11.6 Å². The number of nitrogens with one attached hydrogen (secondary N) is 2. The van der Waals surface area contributed by atoms with E-state index in [2.05, 4.69) is 14.7 Å². The molecule has 7 nitrogen and oxygen atoms in total. The van der Waals surface area contributed by atoms with Gasteiger partial charge in [0.1, 0.15) is 17.1 Å². The van der Waals surface area contributed by atoms with Crippen LogP contribution in [0.25, 0.3) is 11.0 Å². The lowest BCUT2D eigenvalue weighted by molar-refractivity contribution is 0.0979. The number of benzene rings is 2. The summed E-state index contributed by atoms with van der Waals surface area (Å²) in [6.45, 7) is 5.56. The summed E-state index contributed by atoms with van der Waals surface area (Å²) in [5, 5.41) is 0.855. The van der Waals surface area contributed by atoms with E-state index in [1.165, 1.54) is 24.4 Å². The fraction of sp³-hybridized carbons (Fsp3) is 0.130. The average molecular weight is 436 g/mol. The van der Waals surface area contributed by atoms with Crippen molar-refractivity contribution in [3.63, 3.8) is 0 Å². The minimum absolute atomic E-state index is 0.0284. The second-order valence-corrected chi connectivity index (χ2v) is 9.05. The molecule has 0 fully saturated rings. The van der Waals surface area contributed by atoms with E-state index in [1.807, 2.05) is 26.8 Å². The van der Waals surface area contributed by atoms with Crippen molar-refractivity contribution in [3.05, 3.63) is 83.2 Å². The van der Waals surface area contributed by atoms with Gasteiger partial charge in [-0.15, -0.1) is 0 Å². The number of rotatable bonds is 5. The number of aryl methyl sites for hydroxylation is 3. The summed E-state index contributed by atoms with van der Waals surface area (Å²) in [7, 11) is -4.04. The first-order valence-electron chi connectivity index (χ1n) is 9.59. The van der Waals surface area contributed by atoms with E-state index in [0.29, 0.717) is 11.4 Å². The lowest BCUT2D eigenvalue weighted by Crippen LogP contribution is -2.31. The molecular formula is C23H21N3O4S. The van der Waals surface area contributed by atoms with E-state index in [1.54, 1.807) is 30.5 Å². The van der Waals surface area contributed by atoms with Crippen LogP contribution in [-0.2, 0) is 10.0 Å². The maximum absolute atomic E-state index is 12.9. The number of ether oxygens (including phenoxy) is 1. The minimum Gasteiger partial charge on any atom is -0.455 e. The molecule has 2 N–H and O–H groups in total. The first kappa shape index (κ1) is 20.6. The highest BCUT2D eigenvalue weighted by atomic mass is 32.2. The van der Waals surface area contributed by atoms with Crippen molar-refractivity contribution in [3.8, 4) is 11.5 Å². The van der Waals surface area contributed by atoms with Gasteiger partial charge in [0.05, 0.1) is 16.7 Å². The molecule has 8 heteroatoms. The fourth-order valence-corrected chi connectivity index (χ4v) is 4.17. The van der Waals surface area contributed by atoms with Crippen LogP contribution in [0.4, 0.5) is 0 Å². The third-order valence-electron chi connectivity index (χ3n) is 5.00. The Bertz CT molecular complexity index is 1410. The van der Waals surface area contributed by atoms with E-state index in [-0.39, 0.29) is 16.2 Å². The molecule has 4 aromatic rings. The predicted octanol–water partition coefficient (Wildman–Crippen LogP) is 4.40. The van der Waals surface area contributed by atoms with Crippen LogP contribution in [0.3, 0.4) is 0 Å². The third kappa shape index (κ3) is 4.29. The Balaban J connectivity index is 1.64. The van der Waals surface area contributed by atoms with Crippen LogP contribution >= 0.6 is 0 Å². The number of pyridine rings is 1. The van der Waals surface area contributed by atoms with Crippen LogP contribution < -0.4 is 9.46 Å². The van der Waals surface area contributed by atoms with Crippen LogP contribution in [-0.4, -0.2) is 24.3 Å². The van der Waals surface area contributed by atoms with Crippen molar-refractivity contribution >= 4 is 27.0 Å². The number of aromatic nitrogens is 2. The zero-order valence-electron chi connectivity index (χ0n) is 17.3. The number of H-pyrrole nitrogens is 1. The van der Waals surface area contributed by atoms with Gasteiger partial charge in [-0.1, -0.05) is 12.1 Å². The second-order valence-electron chi connectivity index (χ2n) is 7.37. The van der Waals surface area contributed by atoms with Crippen LogP contribution in [0.15, 0.2) is 65.8 Å². The highest BCUT2D eigenvalue weighted by Gasteiger charge is 2.22. The van der Waals surface area contributed by atoms with Gasteiger partial charge in [-0.25, -0.2) is 18.1 Å². The monoisotopic (exact) mass is 435 g/mol. The highest BCUT2D eigenvalue weighted by Crippen LogP contribution is 2.28. The van der Waals surface area contributed by atoms with Gasteiger partial charge in [-0.2, -0.15) is 0 Å². The number of fused-ring (bicyclic) bond motifs is 1. The van der Waals surface area contributed by atoms with Gasteiger partial charge in [0.2, 0.25) is 0 Å². The molecule has 0 saturated carbocycles. The number of aromatic amines is 1. The first-order valence-corrected chi connectivity index (χ1v) is 11.1. The standard InChI is InChI=1S/C23H21N3O4S/c1-14-4-7-20(21(10-14)30-18-12-17-8-9-24-22(17)25-13-18)23(27)26-31(28,29)19-6-5-15(2)16(3)11-19/h4-13H,1-3H3,(H,24,25)(H,26,27). The summed E-state index contributed by atoms with van der Waals surface area (Å²) in [5.41, 5.74) is 3.47. The van der Waals surface area contributed by atoms with Crippen molar-refractivity contribution in [1.29, 1.82) is 0 Å². The number of sulfonamides is 1. The smallest absolute Gasteiger partial charge is 0.268 e. The largest absolute Gasteiger partial charge is 0.455 e. The summed E-state index contributed by atoms with van der Waals surface area (Å²) in [4.78, 5) is 20.2. The number of carbonyl (C=O) groups excluding carboxylic acids is 1. The van der Waals surface area contributed by atoms with Gasteiger partial charge >= 0.3 is 0 Å². The van der Waals surface area contributed by atoms with Crippen molar-refractivity contribution in [2.75, 3.05) is 0 Å². The Morgan fingerprint density at radius 3 is 2.58 bits per heavy atom. The quantitative estimate of drug-likeness (QED) is 0.484. The summed E-state index contributed by atoms with van der Waals surface area (Å²) in [5.74, 6) is -0.0999. The maximum Gasteiger partial charge on any atom is 0.268 e. The number of hydrogen-bond donors (Lipinski definition) is 2. The number of hydrogen-bond acceptors (Lipinski definition) is 5. The zero-order valence-corrected chi connectivity index (χ0v) is 18.1. The van der Waals surface area contributed by atoms with Gasteiger partial charge in [0.15, 0.2) is 0 Å². The Kier molecular flexibility index (Phi) is 5.24. The molecule has 0 atom stereocenters. The Morgan fingerprint density at radius 1 is 1.00 bits per heavy atom. The molecule has 31 heavy (non-hydrogen) atoms. The summed E-state index contributed by atoms with van der Waals surface area (Å²) < 4.78 is 33.5. The SMILES string of the molecule is Cc1ccc(C(=O)NS(=O)(=O)c2ccc(C)c(C)c2)c(Oc2cnc3[nH]ccc3c2)c1. The third-order valence-corrected chi connectivity index (χ3v) is 6.33. The average Bonchev–Trinajstić information content (AvgIpc) is 3.17. The second kappa shape index (κ2) is 7.88. The Labute approximate surface area is 180 Å². The molecule has 0 aliphatic heterocycles. The number of nitrogens with zero attached hydrogens (tertiary/aromatic N) is 1. The van der Waals surface area contributed by atoms with E-state index >= 15 is 0 Å². The lowest BCUT2D eigenvalue weighted by Gasteiger charge is -2.13. The Morgan fingerprint density at radius 2 is 1.81 bits per heavy atom. The molecule has 0 aliphatic rings. The Hall–Kier alpha value is -3.65. The normalized spacial score (nSPS) is 11.5. The molecule has 0 radical (unpaired) electrons. The molecule has 0 unspecified atom stereocenters. The molecule has 4 rings (SSSR count). The summed E-state index contributed by atoms with van der Waals surface area (Å²) >= 11 is 0. The molecule has 0 aliphatic carbocycles. The molecule has 2 heterocycles. The van der Waals surface area contributed by atoms with Crippen molar-refractivity contribution in [2.24, 2.45) is 0 Å². The highest BCUT2D eigenvalue weighted by molar-refractivity contribution is 7.90. The van der Waals surface area contributed by atoms with Gasteiger partial charge < -0.3 is 9.72 Å². The van der Waals surface area contributed by atoms with E-state index < -0.39 is 15.9 Å². The minimum atomic E-state index is -4.04. The number of carbonyl (C=O) groups is 1. The zero-order chi connectivity index (χ0) is 22.2. The summed E-state index contributed by atoms with van der Waals surface area (Å²) in [6, 6.07) is 13.3. The number of amides is 1. The van der Waals surface area contributed by atoms with Crippen LogP contribution in [0.2, 0.25) is 0 Å². The van der Waals surface area contributed by atoms with E-state index in [9.17, 15) is 13.2 Å². The van der Waals surface area contributed by atoms with Gasteiger partial charge in [-0.05, 0) is 73.9 Å². The molecule has 0 saturated heterocycles. The van der Waals surface area contributed by atoms with Gasteiger partial charge in [-0.3, -0.25) is 4.79 Å². The van der Waals surface area contributed by atoms with Crippen LogP contribution in [0.1, 0.15) is 27.0 Å². The first-order chi connectivity index (χ1) is 14.7. The lowest BCUT2D eigenvalue weighted by atomic mass is 10.1. The summed E-state index contributed by atoms with van der Waals surface area (Å²) in [6.07, 6.45) is 3.30. The molecular weight excluding hydrogens is 414 g/mol. The predicted molar refractivity (Wildman–Crippen MR) is 118 cm³/mol. The molecule has 1 amide bonds. The molecule has 0 spiro atoms. The van der Waals surface area contributed by atoms with E-state index in [0.717, 1.165) is 22.1 Å². The fourth-order valence-electron chi connectivity index (χ4n) is 3.12. The van der Waals surface area contributed by atoms with Crippen LogP contribution in [0, 0.1) is 20.8 Å². The van der Waals surface area contributed by atoms with Crippen molar-refractivity contribution in [1.82, 2.24) is 14.7 Å². The van der Waals surface area contributed by atoms with Crippen molar-refractivity contribution < 1.29 is 17.9 Å².